The van der Waals surface area contributed by atoms with Crippen LogP contribution in [0.4, 0.5) is 17.3 Å². The molecule has 10 nitrogen and oxygen atoms in total. The molecule has 0 bridgehead atoms. The monoisotopic (exact) mass is 520 g/mol. The van der Waals surface area contributed by atoms with Crippen molar-refractivity contribution in [3.63, 3.8) is 0 Å². The molecule has 3 aromatic heterocycles. The lowest BCUT2D eigenvalue weighted by Crippen LogP contribution is -2.25. The number of hydrogen-bond acceptors (Lipinski definition) is 8. The number of anilines is 3. The first kappa shape index (κ1) is 24.5. The van der Waals surface area contributed by atoms with Gasteiger partial charge in [-0.1, -0.05) is 6.08 Å². The van der Waals surface area contributed by atoms with Crippen LogP contribution in [0.5, 0.6) is 11.5 Å². The van der Waals surface area contributed by atoms with Crippen LogP contribution in [0.2, 0.25) is 0 Å². The number of ether oxygens (including phenoxy) is 1. The molecular weight excluding hydrogens is 492 g/mol. The average molecular weight is 521 g/mol. The molecule has 196 valence electrons. The normalized spacial score (nSPS) is 14.6. The summed E-state index contributed by atoms with van der Waals surface area (Å²) in [4.78, 5) is 32.6. The molecule has 0 unspecified atom stereocenters. The standard InChI is InChI=1S/C29H28N8O2/c1-18-14-20(4-8-25(18)39-21-5-7-24-23(15-21)33-17-36(24)3)34-28-27-22(31-16-32-28)6-9-26(35-27)37-13-11-19(29(37)38)10-12-30-2/h4-10,14-17,30H,11-13H2,1-3H3,(H,31,32,34)/b19-10+. The van der Waals surface area contributed by atoms with Crippen molar-refractivity contribution in [2.24, 2.45) is 7.05 Å². The predicted molar refractivity (Wildman–Crippen MR) is 152 cm³/mol. The minimum absolute atomic E-state index is 0.0168. The molecule has 1 saturated heterocycles. The molecule has 1 fully saturated rings. The topological polar surface area (TPSA) is 110 Å². The van der Waals surface area contributed by atoms with Gasteiger partial charge in [0.25, 0.3) is 5.91 Å². The summed E-state index contributed by atoms with van der Waals surface area (Å²) < 4.78 is 8.13. The summed E-state index contributed by atoms with van der Waals surface area (Å²) in [6.07, 6.45) is 5.92. The number of hydrogen-bond donors (Lipinski definition) is 2. The van der Waals surface area contributed by atoms with Gasteiger partial charge in [-0.2, -0.15) is 0 Å². The summed E-state index contributed by atoms with van der Waals surface area (Å²) in [7, 11) is 3.83. The second-order valence-corrected chi connectivity index (χ2v) is 9.47. The molecule has 0 aliphatic carbocycles. The van der Waals surface area contributed by atoms with Crippen LogP contribution in [-0.4, -0.2) is 50.5 Å². The van der Waals surface area contributed by atoms with Gasteiger partial charge in [0.2, 0.25) is 0 Å². The number of carbonyl (C=O) groups is 1. The van der Waals surface area contributed by atoms with E-state index in [1.54, 1.807) is 11.2 Å². The third kappa shape index (κ3) is 4.77. The minimum Gasteiger partial charge on any atom is -0.457 e. The van der Waals surface area contributed by atoms with Crippen molar-refractivity contribution in [2.45, 2.75) is 13.3 Å². The van der Waals surface area contributed by atoms with Gasteiger partial charge in [-0.05, 0) is 68.4 Å². The first-order valence-corrected chi connectivity index (χ1v) is 12.7. The van der Waals surface area contributed by atoms with Crippen molar-refractivity contribution in [3.8, 4) is 11.5 Å². The molecule has 2 N–H and O–H groups in total. The van der Waals surface area contributed by atoms with Crippen LogP contribution >= 0.6 is 0 Å². The SMILES string of the molecule is CNC/C=C1\CCN(c2ccc3ncnc(Nc4ccc(Oc5ccc6c(c5)ncn6C)c(C)c4)c3n2)C1=O. The maximum atomic E-state index is 12.9. The van der Waals surface area contributed by atoms with Gasteiger partial charge in [-0.15, -0.1) is 0 Å². The fraction of sp³-hybridized carbons (Fsp3) is 0.207. The van der Waals surface area contributed by atoms with E-state index >= 15 is 0 Å². The highest BCUT2D eigenvalue weighted by atomic mass is 16.5. The Morgan fingerprint density at radius 1 is 1.05 bits per heavy atom. The van der Waals surface area contributed by atoms with Gasteiger partial charge >= 0.3 is 0 Å². The van der Waals surface area contributed by atoms with Crippen LogP contribution in [-0.2, 0) is 11.8 Å². The van der Waals surface area contributed by atoms with E-state index in [2.05, 4.69) is 25.6 Å². The Kier molecular flexibility index (Phi) is 6.37. The molecule has 0 saturated carbocycles. The number of rotatable bonds is 7. The largest absolute Gasteiger partial charge is 0.457 e. The number of fused-ring (bicyclic) bond motifs is 2. The number of aryl methyl sites for hydroxylation is 2. The van der Waals surface area contributed by atoms with Gasteiger partial charge < -0.3 is 19.9 Å². The third-order valence-electron chi connectivity index (χ3n) is 6.78. The molecule has 0 atom stereocenters. The Labute approximate surface area is 225 Å². The fourth-order valence-corrected chi connectivity index (χ4v) is 4.70. The van der Waals surface area contributed by atoms with Crippen LogP contribution in [0.3, 0.4) is 0 Å². The zero-order chi connectivity index (χ0) is 26.9. The van der Waals surface area contributed by atoms with Crippen LogP contribution in [0.25, 0.3) is 22.1 Å². The Morgan fingerprint density at radius 2 is 1.95 bits per heavy atom. The van der Waals surface area contributed by atoms with E-state index in [1.165, 1.54) is 6.33 Å². The molecule has 1 aliphatic heterocycles. The van der Waals surface area contributed by atoms with Crippen LogP contribution in [0, 0.1) is 6.92 Å². The highest BCUT2D eigenvalue weighted by Crippen LogP contribution is 2.32. The van der Waals surface area contributed by atoms with Crippen molar-refractivity contribution >= 4 is 45.3 Å². The van der Waals surface area contributed by atoms with Crippen molar-refractivity contribution in [1.82, 2.24) is 29.8 Å². The third-order valence-corrected chi connectivity index (χ3v) is 6.78. The molecule has 1 aliphatic rings. The Balaban J connectivity index is 1.24. The lowest BCUT2D eigenvalue weighted by molar-refractivity contribution is -0.114. The Bertz CT molecular complexity index is 1740. The number of aromatic nitrogens is 5. The minimum atomic E-state index is -0.0168. The van der Waals surface area contributed by atoms with Gasteiger partial charge in [-0.3, -0.25) is 9.69 Å². The summed E-state index contributed by atoms with van der Waals surface area (Å²) >= 11 is 0. The number of nitrogens with one attached hydrogen (secondary N) is 2. The first-order valence-electron chi connectivity index (χ1n) is 12.7. The molecule has 2 aromatic carbocycles. The Hall–Kier alpha value is -4.83. The van der Waals surface area contributed by atoms with Gasteiger partial charge in [0, 0.05) is 37.5 Å². The second-order valence-electron chi connectivity index (χ2n) is 9.47. The maximum Gasteiger partial charge on any atom is 0.255 e. The van der Waals surface area contributed by atoms with E-state index in [0.29, 0.717) is 42.2 Å². The van der Waals surface area contributed by atoms with Crippen LogP contribution in [0.15, 0.2) is 72.8 Å². The predicted octanol–water partition coefficient (Wildman–Crippen LogP) is 4.64. The first-order chi connectivity index (χ1) is 19.0. The van der Waals surface area contributed by atoms with Gasteiger partial charge in [-0.25, -0.2) is 19.9 Å². The number of carbonyl (C=O) groups excluding carboxylic acids is 1. The van der Waals surface area contributed by atoms with E-state index in [0.717, 1.165) is 39.4 Å². The summed E-state index contributed by atoms with van der Waals surface area (Å²) in [6, 6.07) is 15.4. The van der Waals surface area contributed by atoms with E-state index in [9.17, 15) is 4.79 Å². The number of pyridine rings is 1. The maximum absolute atomic E-state index is 12.9. The fourth-order valence-electron chi connectivity index (χ4n) is 4.70. The number of nitrogens with zero attached hydrogens (tertiary/aromatic N) is 6. The van der Waals surface area contributed by atoms with E-state index in [4.69, 9.17) is 9.72 Å². The number of benzene rings is 2. The lowest BCUT2D eigenvalue weighted by Gasteiger charge is -2.16. The zero-order valence-corrected chi connectivity index (χ0v) is 22.0. The van der Waals surface area contributed by atoms with Gasteiger partial charge in [0.1, 0.15) is 29.2 Å². The Morgan fingerprint density at radius 3 is 2.79 bits per heavy atom. The molecule has 10 heteroatoms. The second kappa shape index (κ2) is 10.1. The molecule has 1 amide bonds. The van der Waals surface area contributed by atoms with Crippen molar-refractivity contribution < 1.29 is 9.53 Å². The highest BCUT2D eigenvalue weighted by Gasteiger charge is 2.28. The molecule has 5 aromatic rings. The molecule has 0 radical (unpaired) electrons. The van der Waals surface area contributed by atoms with E-state index in [1.807, 2.05) is 80.2 Å². The van der Waals surface area contributed by atoms with Crippen LogP contribution < -0.4 is 20.3 Å². The number of imidazole rings is 1. The average Bonchev–Trinajstić information content (AvgIpc) is 3.50. The van der Waals surface area contributed by atoms with Gasteiger partial charge in [0.15, 0.2) is 5.82 Å². The smallest absolute Gasteiger partial charge is 0.255 e. The van der Waals surface area contributed by atoms with E-state index < -0.39 is 0 Å². The summed E-state index contributed by atoms with van der Waals surface area (Å²) in [5.74, 6) is 2.61. The van der Waals surface area contributed by atoms with Crippen LogP contribution in [0.1, 0.15) is 12.0 Å². The number of amides is 1. The summed E-state index contributed by atoms with van der Waals surface area (Å²) in [6.45, 7) is 3.24. The summed E-state index contributed by atoms with van der Waals surface area (Å²) in [5.41, 5.74) is 5.80. The molecule has 39 heavy (non-hydrogen) atoms. The summed E-state index contributed by atoms with van der Waals surface area (Å²) in [5, 5.41) is 6.42. The molecule has 4 heterocycles. The molecule has 0 spiro atoms. The van der Waals surface area contributed by atoms with Crippen molar-refractivity contribution in [1.29, 1.82) is 0 Å². The number of likely N-dealkylation sites (N-methyl/N-ethyl adjacent to an activating group) is 1. The van der Waals surface area contributed by atoms with Gasteiger partial charge in [0.05, 0.1) is 22.9 Å². The van der Waals surface area contributed by atoms with Crippen molar-refractivity contribution in [2.75, 3.05) is 30.4 Å². The van der Waals surface area contributed by atoms with E-state index in [-0.39, 0.29) is 5.91 Å². The highest BCUT2D eigenvalue weighted by molar-refractivity contribution is 6.08. The van der Waals surface area contributed by atoms with Crippen molar-refractivity contribution in [3.05, 3.63) is 78.4 Å². The quantitative estimate of drug-likeness (QED) is 0.299. The lowest BCUT2D eigenvalue weighted by atomic mass is 10.2. The molecular formula is C29H28N8O2. The zero-order valence-electron chi connectivity index (χ0n) is 22.0. The molecule has 6 rings (SSSR count).